The molecule has 0 N–H and O–H groups in total. The number of fused-ring (bicyclic) bond motifs is 1. The third kappa shape index (κ3) is 3.45. The second-order valence-corrected chi connectivity index (χ2v) is 8.40. The number of aromatic nitrogens is 4. The standard InChI is InChI=1S/C19H28N6O/c1-13-20-16(26-23-13)12-24-8-10-25(11-9-24)17-14-6-5-7-15(14)21-18(22-17)19(2,3)4/h5-12H2,1-4H3. The summed E-state index contributed by atoms with van der Waals surface area (Å²) in [5, 5.41) is 3.88. The maximum atomic E-state index is 5.26. The zero-order valence-electron chi connectivity index (χ0n) is 16.2. The van der Waals surface area contributed by atoms with Gasteiger partial charge < -0.3 is 9.42 Å². The molecule has 0 radical (unpaired) electrons. The third-order valence-electron chi connectivity index (χ3n) is 5.18. The first kappa shape index (κ1) is 17.4. The molecule has 4 rings (SSSR count). The highest BCUT2D eigenvalue weighted by Gasteiger charge is 2.29. The van der Waals surface area contributed by atoms with E-state index in [9.17, 15) is 0 Å². The quantitative estimate of drug-likeness (QED) is 0.835. The molecule has 7 nitrogen and oxygen atoms in total. The molecule has 0 spiro atoms. The molecule has 1 fully saturated rings. The fourth-order valence-electron chi connectivity index (χ4n) is 3.72. The zero-order valence-corrected chi connectivity index (χ0v) is 16.2. The van der Waals surface area contributed by atoms with Crippen molar-refractivity contribution in [2.45, 2.75) is 58.9 Å². The minimum Gasteiger partial charge on any atom is -0.354 e. The SMILES string of the molecule is Cc1noc(CN2CCN(c3nc(C(C)(C)C)nc4c3CCC4)CC2)n1. The van der Waals surface area contributed by atoms with Gasteiger partial charge in [0.05, 0.1) is 6.54 Å². The van der Waals surface area contributed by atoms with E-state index in [1.807, 2.05) is 6.92 Å². The molecule has 7 heteroatoms. The molecule has 3 heterocycles. The molecule has 0 atom stereocenters. The van der Waals surface area contributed by atoms with Crippen LogP contribution in [0.15, 0.2) is 4.52 Å². The summed E-state index contributed by atoms with van der Waals surface area (Å²) < 4.78 is 5.26. The molecule has 2 aromatic heterocycles. The minimum atomic E-state index is -0.0238. The highest BCUT2D eigenvalue weighted by molar-refractivity contribution is 5.52. The van der Waals surface area contributed by atoms with Crippen LogP contribution < -0.4 is 4.90 Å². The van der Waals surface area contributed by atoms with Crippen molar-refractivity contribution in [3.63, 3.8) is 0 Å². The van der Waals surface area contributed by atoms with E-state index in [1.165, 1.54) is 23.5 Å². The molecule has 0 unspecified atom stereocenters. The average molecular weight is 356 g/mol. The fraction of sp³-hybridized carbons (Fsp3) is 0.684. The van der Waals surface area contributed by atoms with E-state index in [0.29, 0.717) is 11.7 Å². The lowest BCUT2D eigenvalue weighted by atomic mass is 9.95. The van der Waals surface area contributed by atoms with E-state index >= 15 is 0 Å². The van der Waals surface area contributed by atoms with Crippen LogP contribution in [0, 0.1) is 6.92 Å². The van der Waals surface area contributed by atoms with E-state index in [2.05, 4.69) is 40.7 Å². The van der Waals surface area contributed by atoms with Gasteiger partial charge in [0.2, 0.25) is 5.89 Å². The van der Waals surface area contributed by atoms with Crippen LogP contribution in [0.25, 0.3) is 0 Å². The summed E-state index contributed by atoms with van der Waals surface area (Å²) in [6.07, 6.45) is 3.39. The van der Waals surface area contributed by atoms with Gasteiger partial charge in [-0.25, -0.2) is 9.97 Å². The van der Waals surface area contributed by atoms with Gasteiger partial charge in [0, 0.05) is 42.9 Å². The summed E-state index contributed by atoms with van der Waals surface area (Å²) >= 11 is 0. The van der Waals surface area contributed by atoms with Crippen LogP contribution in [-0.4, -0.2) is 51.2 Å². The maximum absolute atomic E-state index is 5.26. The molecule has 1 aliphatic heterocycles. The van der Waals surface area contributed by atoms with Crippen molar-refractivity contribution < 1.29 is 4.52 Å². The molecule has 0 amide bonds. The molecule has 1 saturated heterocycles. The lowest BCUT2D eigenvalue weighted by Crippen LogP contribution is -2.46. The molecule has 26 heavy (non-hydrogen) atoms. The normalized spacial score (nSPS) is 18.4. The van der Waals surface area contributed by atoms with Gasteiger partial charge in [0.25, 0.3) is 0 Å². The number of anilines is 1. The van der Waals surface area contributed by atoms with Crippen LogP contribution in [0.1, 0.15) is 56.0 Å². The summed E-state index contributed by atoms with van der Waals surface area (Å²) in [7, 11) is 0. The Labute approximate surface area is 154 Å². The summed E-state index contributed by atoms with van der Waals surface area (Å²) in [5.41, 5.74) is 2.62. The van der Waals surface area contributed by atoms with Crippen LogP contribution in [0.2, 0.25) is 0 Å². The van der Waals surface area contributed by atoms with Crippen LogP contribution in [0.3, 0.4) is 0 Å². The largest absolute Gasteiger partial charge is 0.354 e. The van der Waals surface area contributed by atoms with Gasteiger partial charge >= 0.3 is 0 Å². The molecular weight excluding hydrogens is 328 g/mol. The van der Waals surface area contributed by atoms with Gasteiger partial charge in [-0.05, 0) is 26.2 Å². The zero-order chi connectivity index (χ0) is 18.3. The van der Waals surface area contributed by atoms with Crippen molar-refractivity contribution in [3.05, 3.63) is 28.8 Å². The maximum Gasteiger partial charge on any atom is 0.240 e. The van der Waals surface area contributed by atoms with Crippen molar-refractivity contribution >= 4 is 5.82 Å². The lowest BCUT2D eigenvalue weighted by Gasteiger charge is -2.36. The Morgan fingerprint density at radius 3 is 2.42 bits per heavy atom. The van der Waals surface area contributed by atoms with Gasteiger partial charge in [-0.15, -0.1) is 0 Å². The topological polar surface area (TPSA) is 71.2 Å². The van der Waals surface area contributed by atoms with Gasteiger partial charge in [-0.3, -0.25) is 4.90 Å². The monoisotopic (exact) mass is 356 g/mol. The Morgan fingerprint density at radius 1 is 1.00 bits per heavy atom. The molecule has 1 aliphatic carbocycles. The molecular formula is C19H28N6O. The molecule has 2 aromatic rings. The number of hydrogen-bond acceptors (Lipinski definition) is 7. The number of hydrogen-bond donors (Lipinski definition) is 0. The van der Waals surface area contributed by atoms with Crippen LogP contribution >= 0.6 is 0 Å². The number of piperazine rings is 1. The van der Waals surface area contributed by atoms with E-state index in [1.54, 1.807) is 0 Å². The van der Waals surface area contributed by atoms with Gasteiger partial charge in [-0.2, -0.15) is 4.98 Å². The number of aryl methyl sites for hydroxylation is 2. The van der Waals surface area contributed by atoms with E-state index in [-0.39, 0.29) is 5.41 Å². The molecule has 2 aliphatic rings. The van der Waals surface area contributed by atoms with Gasteiger partial charge in [0.15, 0.2) is 5.82 Å². The van der Waals surface area contributed by atoms with E-state index in [0.717, 1.165) is 51.4 Å². The Hall–Kier alpha value is -2.02. The van der Waals surface area contributed by atoms with E-state index in [4.69, 9.17) is 14.5 Å². The Bertz CT molecular complexity index is 786. The number of nitrogens with zero attached hydrogens (tertiary/aromatic N) is 6. The third-order valence-corrected chi connectivity index (χ3v) is 5.18. The second kappa shape index (κ2) is 6.61. The second-order valence-electron chi connectivity index (χ2n) is 8.40. The average Bonchev–Trinajstić information content (AvgIpc) is 3.22. The lowest BCUT2D eigenvalue weighted by molar-refractivity contribution is 0.215. The summed E-state index contributed by atoms with van der Waals surface area (Å²) in [5.74, 6) is 3.54. The summed E-state index contributed by atoms with van der Waals surface area (Å²) in [6.45, 7) is 13.1. The molecule has 0 aromatic carbocycles. The van der Waals surface area contributed by atoms with Crippen LogP contribution in [0.4, 0.5) is 5.82 Å². The fourth-order valence-corrected chi connectivity index (χ4v) is 3.72. The van der Waals surface area contributed by atoms with E-state index < -0.39 is 0 Å². The Kier molecular flexibility index (Phi) is 4.42. The first-order valence-electron chi connectivity index (χ1n) is 9.57. The highest BCUT2D eigenvalue weighted by atomic mass is 16.5. The Morgan fingerprint density at radius 2 is 1.77 bits per heavy atom. The van der Waals surface area contributed by atoms with Crippen molar-refractivity contribution in [2.75, 3.05) is 31.1 Å². The smallest absolute Gasteiger partial charge is 0.240 e. The summed E-state index contributed by atoms with van der Waals surface area (Å²) in [6, 6.07) is 0. The predicted octanol–water partition coefficient (Wildman–Crippen LogP) is 2.28. The predicted molar refractivity (Wildman–Crippen MR) is 99.3 cm³/mol. The molecule has 0 bridgehead atoms. The highest BCUT2D eigenvalue weighted by Crippen LogP contribution is 2.32. The first-order valence-corrected chi connectivity index (χ1v) is 9.57. The van der Waals surface area contributed by atoms with Crippen molar-refractivity contribution in [3.8, 4) is 0 Å². The van der Waals surface area contributed by atoms with Crippen molar-refractivity contribution in [1.82, 2.24) is 25.0 Å². The van der Waals surface area contributed by atoms with Crippen molar-refractivity contribution in [2.24, 2.45) is 0 Å². The molecule has 140 valence electrons. The minimum absolute atomic E-state index is 0.0238. The van der Waals surface area contributed by atoms with Gasteiger partial charge in [0.1, 0.15) is 11.6 Å². The van der Waals surface area contributed by atoms with Crippen LogP contribution in [0.5, 0.6) is 0 Å². The summed E-state index contributed by atoms with van der Waals surface area (Å²) in [4.78, 5) is 19.0. The van der Waals surface area contributed by atoms with Gasteiger partial charge in [-0.1, -0.05) is 25.9 Å². The molecule has 0 saturated carbocycles. The number of rotatable bonds is 3. The van der Waals surface area contributed by atoms with Crippen LogP contribution in [-0.2, 0) is 24.8 Å². The first-order chi connectivity index (χ1) is 12.4. The Balaban J connectivity index is 1.50. The van der Waals surface area contributed by atoms with Crippen molar-refractivity contribution in [1.29, 1.82) is 0 Å².